The van der Waals surface area contributed by atoms with Crippen LogP contribution in [0.5, 0.6) is 0 Å². The van der Waals surface area contributed by atoms with Crippen molar-refractivity contribution in [1.82, 2.24) is 19.2 Å². The number of benzene rings is 1. The molecule has 3 aromatic rings. The van der Waals surface area contributed by atoms with Gasteiger partial charge in [0.1, 0.15) is 5.69 Å². The lowest BCUT2D eigenvalue weighted by molar-refractivity contribution is 0.0358. The number of esters is 1. The SMILES string of the molecule is CCOC(=O)c1c(CCCO)c2cccc3c2n1CCCCOCc1nn(CCN2CCOCC2)c(C)c1-3. The van der Waals surface area contributed by atoms with Crippen molar-refractivity contribution in [2.75, 3.05) is 52.7 Å². The number of morpholine rings is 1. The van der Waals surface area contributed by atoms with Crippen LogP contribution in [0.4, 0.5) is 0 Å². The highest BCUT2D eigenvalue weighted by Crippen LogP contribution is 2.39. The quantitative estimate of drug-likeness (QED) is 0.451. The third-order valence-corrected chi connectivity index (χ3v) is 7.68. The number of aromatic nitrogens is 3. The van der Waals surface area contributed by atoms with Crippen molar-refractivity contribution >= 4 is 16.9 Å². The number of rotatable bonds is 8. The average molecular weight is 525 g/mol. The number of aliphatic hydroxyl groups is 1. The van der Waals surface area contributed by atoms with Crippen LogP contribution in [0.15, 0.2) is 18.2 Å². The summed E-state index contributed by atoms with van der Waals surface area (Å²) in [6, 6.07) is 6.30. The number of hydrogen-bond donors (Lipinski definition) is 1. The van der Waals surface area contributed by atoms with Gasteiger partial charge in [-0.25, -0.2) is 4.79 Å². The van der Waals surface area contributed by atoms with Gasteiger partial charge in [0.25, 0.3) is 0 Å². The summed E-state index contributed by atoms with van der Waals surface area (Å²) in [5.41, 5.74) is 6.80. The van der Waals surface area contributed by atoms with E-state index in [1.807, 2.05) is 6.92 Å². The molecule has 0 radical (unpaired) electrons. The molecule has 5 rings (SSSR count). The molecule has 1 fully saturated rings. The van der Waals surface area contributed by atoms with E-state index in [1.54, 1.807) is 0 Å². The predicted molar refractivity (Wildman–Crippen MR) is 145 cm³/mol. The molecular weight excluding hydrogens is 484 g/mol. The monoisotopic (exact) mass is 524 g/mol. The van der Waals surface area contributed by atoms with E-state index in [9.17, 15) is 9.90 Å². The average Bonchev–Trinajstić information content (AvgIpc) is 3.41. The number of aryl methyl sites for hydroxylation is 2. The van der Waals surface area contributed by atoms with Crippen LogP contribution in [0.3, 0.4) is 0 Å². The first-order valence-corrected chi connectivity index (χ1v) is 14.0. The smallest absolute Gasteiger partial charge is 0.355 e. The second kappa shape index (κ2) is 12.4. The Morgan fingerprint density at radius 3 is 2.74 bits per heavy atom. The number of hydrogen-bond acceptors (Lipinski definition) is 7. The second-order valence-electron chi connectivity index (χ2n) is 10.1. The van der Waals surface area contributed by atoms with E-state index in [0.29, 0.717) is 44.9 Å². The topological polar surface area (TPSA) is 91.0 Å². The van der Waals surface area contributed by atoms with E-state index in [4.69, 9.17) is 19.3 Å². The molecule has 1 aromatic carbocycles. The molecule has 0 spiro atoms. The molecule has 38 heavy (non-hydrogen) atoms. The first-order valence-electron chi connectivity index (χ1n) is 14.0. The van der Waals surface area contributed by atoms with Gasteiger partial charge in [-0.05, 0) is 45.1 Å². The third-order valence-electron chi connectivity index (χ3n) is 7.68. The minimum atomic E-state index is -0.299. The minimum Gasteiger partial charge on any atom is -0.461 e. The molecule has 9 heteroatoms. The molecule has 0 saturated carbocycles. The number of para-hydroxylation sites is 1. The summed E-state index contributed by atoms with van der Waals surface area (Å²) >= 11 is 0. The van der Waals surface area contributed by atoms with Crippen LogP contribution in [0, 0.1) is 6.92 Å². The van der Waals surface area contributed by atoms with Gasteiger partial charge in [0.15, 0.2) is 0 Å². The molecule has 0 amide bonds. The number of aliphatic hydroxyl groups excluding tert-OH is 1. The molecule has 4 heterocycles. The van der Waals surface area contributed by atoms with Gasteiger partial charge in [0.05, 0.1) is 44.2 Å². The summed E-state index contributed by atoms with van der Waals surface area (Å²) in [6.07, 6.45) is 2.99. The molecule has 2 aliphatic rings. The summed E-state index contributed by atoms with van der Waals surface area (Å²) in [7, 11) is 0. The summed E-state index contributed by atoms with van der Waals surface area (Å²) < 4.78 is 21.4. The maximum atomic E-state index is 13.3. The van der Waals surface area contributed by atoms with E-state index in [1.165, 1.54) is 0 Å². The van der Waals surface area contributed by atoms with Gasteiger partial charge in [-0.2, -0.15) is 5.10 Å². The lowest BCUT2D eigenvalue weighted by atomic mass is 9.98. The number of ether oxygens (including phenoxy) is 3. The first kappa shape index (κ1) is 26.9. The first-order chi connectivity index (χ1) is 18.6. The summed E-state index contributed by atoms with van der Waals surface area (Å²) in [4.78, 5) is 15.7. The van der Waals surface area contributed by atoms with Crippen molar-refractivity contribution < 1.29 is 24.1 Å². The fourth-order valence-corrected chi connectivity index (χ4v) is 5.83. The van der Waals surface area contributed by atoms with E-state index in [0.717, 1.165) is 91.2 Å². The lowest BCUT2D eigenvalue weighted by Crippen LogP contribution is -2.38. The van der Waals surface area contributed by atoms with E-state index < -0.39 is 0 Å². The van der Waals surface area contributed by atoms with Crippen molar-refractivity contribution in [3.63, 3.8) is 0 Å². The molecule has 0 unspecified atom stereocenters. The Bertz CT molecular complexity index is 1260. The van der Waals surface area contributed by atoms with Crippen molar-refractivity contribution in [3.05, 3.63) is 40.8 Å². The highest BCUT2D eigenvalue weighted by atomic mass is 16.5. The van der Waals surface area contributed by atoms with Crippen molar-refractivity contribution in [2.24, 2.45) is 0 Å². The molecule has 206 valence electrons. The van der Waals surface area contributed by atoms with Crippen LogP contribution in [-0.4, -0.2) is 83.0 Å². The highest BCUT2D eigenvalue weighted by Gasteiger charge is 2.28. The van der Waals surface area contributed by atoms with Gasteiger partial charge in [-0.15, -0.1) is 0 Å². The van der Waals surface area contributed by atoms with E-state index in [-0.39, 0.29) is 12.6 Å². The van der Waals surface area contributed by atoms with Crippen LogP contribution >= 0.6 is 0 Å². The van der Waals surface area contributed by atoms with Gasteiger partial charge in [0.2, 0.25) is 0 Å². The Kier molecular flexibility index (Phi) is 8.79. The summed E-state index contributed by atoms with van der Waals surface area (Å²) in [5.74, 6) is -0.299. The Morgan fingerprint density at radius 1 is 1.11 bits per heavy atom. The Morgan fingerprint density at radius 2 is 1.95 bits per heavy atom. The largest absolute Gasteiger partial charge is 0.461 e. The molecule has 2 aliphatic heterocycles. The van der Waals surface area contributed by atoms with Crippen LogP contribution in [-0.2, 0) is 40.3 Å². The third kappa shape index (κ3) is 5.38. The second-order valence-corrected chi connectivity index (χ2v) is 10.1. The predicted octanol–water partition coefficient (Wildman–Crippen LogP) is 3.56. The Labute approximate surface area is 224 Å². The molecular formula is C29H40N4O5. The minimum absolute atomic E-state index is 0.0745. The van der Waals surface area contributed by atoms with Crippen LogP contribution < -0.4 is 0 Å². The number of carbonyl (C=O) groups excluding carboxylic acids is 1. The van der Waals surface area contributed by atoms with Gasteiger partial charge < -0.3 is 23.9 Å². The highest BCUT2D eigenvalue weighted by molar-refractivity contribution is 6.04. The van der Waals surface area contributed by atoms with Crippen LogP contribution in [0.25, 0.3) is 22.0 Å². The zero-order valence-corrected chi connectivity index (χ0v) is 22.7. The molecule has 0 atom stereocenters. The summed E-state index contributed by atoms with van der Waals surface area (Å²) in [5, 5.41) is 15.7. The number of nitrogens with zero attached hydrogens (tertiary/aromatic N) is 4. The van der Waals surface area contributed by atoms with Gasteiger partial charge in [0, 0.05) is 61.6 Å². The Hall–Kier alpha value is -2.72. The Balaban J connectivity index is 1.66. The molecule has 0 aliphatic carbocycles. The lowest BCUT2D eigenvalue weighted by Gasteiger charge is -2.26. The molecule has 0 bridgehead atoms. The summed E-state index contributed by atoms with van der Waals surface area (Å²) in [6.45, 7) is 11.3. The zero-order valence-electron chi connectivity index (χ0n) is 22.7. The van der Waals surface area contributed by atoms with Gasteiger partial charge in [-0.3, -0.25) is 9.58 Å². The van der Waals surface area contributed by atoms with Crippen molar-refractivity contribution in [3.8, 4) is 11.1 Å². The van der Waals surface area contributed by atoms with Gasteiger partial charge >= 0.3 is 5.97 Å². The maximum Gasteiger partial charge on any atom is 0.355 e. The van der Waals surface area contributed by atoms with Crippen LogP contribution in [0.1, 0.15) is 53.6 Å². The number of fused-ring (bicyclic) bond motifs is 2. The molecule has 1 N–H and O–H groups in total. The zero-order chi connectivity index (χ0) is 26.5. The van der Waals surface area contributed by atoms with Gasteiger partial charge in [-0.1, -0.05) is 18.2 Å². The normalized spacial score (nSPS) is 16.8. The van der Waals surface area contributed by atoms with E-state index in [2.05, 4.69) is 39.3 Å². The van der Waals surface area contributed by atoms with Crippen LogP contribution in [0.2, 0.25) is 0 Å². The molecule has 1 saturated heterocycles. The number of carbonyl (C=O) groups is 1. The van der Waals surface area contributed by atoms with Crippen molar-refractivity contribution in [2.45, 2.75) is 59.2 Å². The maximum absolute atomic E-state index is 13.3. The molecule has 2 aromatic heterocycles. The standard InChI is InChI=1S/C29H40N4O5/c1-3-38-29(35)28-23(10-7-16-34)22-8-6-9-24-26-21(2)33(13-12-31-14-18-36-19-15-31)30-25(26)20-37-17-5-4-11-32(28)27(22)24/h6,8-9,34H,3-5,7,10-20H2,1-2H3. The fraction of sp³-hybridized carbons (Fsp3) is 0.586. The molecule has 9 nitrogen and oxygen atoms in total. The fourth-order valence-electron chi connectivity index (χ4n) is 5.83. The van der Waals surface area contributed by atoms with Crippen molar-refractivity contribution in [1.29, 1.82) is 0 Å². The van der Waals surface area contributed by atoms with E-state index >= 15 is 0 Å².